The first-order valence-corrected chi connectivity index (χ1v) is 34.2. The number of fused-ring (bicyclic) bond motifs is 12. The molecule has 0 N–H and O–H groups in total. The topological polar surface area (TPSA) is 3.24 Å². The number of thioether (sulfide) groups is 1. The summed E-state index contributed by atoms with van der Waals surface area (Å²) in [7, 11) is 0. The van der Waals surface area contributed by atoms with E-state index < -0.39 is 5.41 Å². The highest BCUT2D eigenvalue weighted by Crippen LogP contribution is 2.58. The van der Waals surface area contributed by atoms with Gasteiger partial charge in [-0.2, -0.15) is 0 Å². The van der Waals surface area contributed by atoms with E-state index in [4.69, 9.17) is 0 Å². The fourth-order valence-electron chi connectivity index (χ4n) is 15.1. The third-order valence-electron chi connectivity index (χ3n) is 19.3. The second kappa shape index (κ2) is 22.8. The molecule has 4 heteroatoms. The molecule has 1 aliphatic heterocycles. The number of anilines is 3. The summed E-state index contributed by atoms with van der Waals surface area (Å²) >= 11 is 5.99. The molecule has 14 aromatic rings. The zero-order valence-electron chi connectivity index (χ0n) is 50.0. The highest BCUT2D eigenvalue weighted by atomic mass is 32.2. The zero-order chi connectivity index (χ0) is 59.7. The predicted molar refractivity (Wildman–Crippen MR) is 389 cm³/mol. The molecule has 0 saturated carbocycles. The van der Waals surface area contributed by atoms with Crippen molar-refractivity contribution in [2.75, 3.05) is 4.90 Å². The van der Waals surface area contributed by atoms with Crippen molar-refractivity contribution >= 4 is 103 Å². The Balaban J connectivity index is 0.793. The lowest BCUT2D eigenvalue weighted by Gasteiger charge is -2.34. The molecule has 0 fully saturated rings. The highest BCUT2D eigenvalue weighted by Gasteiger charge is 2.46. The maximum atomic E-state index is 2.56. The van der Waals surface area contributed by atoms with Crippen LogP contribution in [-0.4, -0.2) is 5.25 Å². The van der Waals surface area contributed by atoms with Crippen LogP contribution in [0, 0.1) is 0 Å². The Kier molecular flexibility index (Phi) is 13.8. The van der Waals surface area contributed by atoms with Gasteiger partial charge in [0, 0.05) is 73.5 Å². The van der Waals surface area contributed by atoms with Crippen LogP contribution in [0.25, 0.3) is 84.9 Å². The van der Waals surface area contributed by atoms with Gasteiger partial charge in [0.05, 0.1) is 5.41 Å². The largest absolute Gasteiger partial charge is 0.311 e. The van der Waals surface area contributed by atoms with Crippen molar-refractivity contribution < 1.29 is 0 Å². The predicted octanol–water partition coefficient (Wildman–Crippen LogP) is 24.6. The van der Waals surface area contributed by atoms with E-state index in [1.807, 2.05) is 22.7 Å². The maximum absolute atomic E-state index is 2.56. The van der Waals surface area contributed by atoms with Crippen molar-refractivity contribution in [3.05, 3.63) is 348 Å². The van der Waals surface area contributed by atoms with Gasteiger partial charge in [-0.05, 0) is 169 Å². The Labute approximate surface area is 539 Å². The van der Waals surface area contributed by atoms with Crippen LogP contribution in [0.2, 0.25) is 0 Å². The fourth-order valence-corrected chi connectivity index (χ4v) is 19.2. The van der Waals surface area contributed by atoms with Gasteiger partial charge in [0.25, 0.3) is 0 Å². The number of para-hydroxylation sites is 1. The van der Waals surface area contributed by atoms with Crippen LogP contribution in [0.4, 0.5) is 17.1 Å². The molecule has 0 spiro atoms. The number of benzene rings is 12. The van der Waals surface area contributed by atoms with E-state index in [0.29, 0.717) is 11.2 Å². The van der Waals surface area contributed by atoms with Crippen molar-refractivity contribution in [1.82, 2.24) is 0 Å². The first-order chi connectivity index (χ1) is 44.6. The molecular weight excluding hydrogens is 1140 g/mol. The molecule has 2 aromatic heterocycles. The van der Waals surface area contributed by atoms with Crippen molar-refractivity contribution in [2.45, 2.75) is 54.1 Å². The number of hydrogen-bond acceptors (Lipinski definition) is 4. The normalized spacial score (nSPS) is 16.8. The summed E-state index contributed by atoms with van der Waals surface area (Å²) in [4.78, 5) is 3.87. The average molecular weight is 1210 g/mol. The lowest BCUT2D eigenvalue weighted by Crippen LogP contribution is -2.28. The summed E-state index contributed by atoms with van der Waals surface area (Å²) < 4.78 is 5.33. The Bertz CT molecular complexity index is 5160. The molecule has 0 saturated heterocycles. The summed E-state index contributed by atoms with van der Waals surface area (Å²) in [6.07, 6.45) is 14.2. The third-order valence-corrected chi connectivity index (χ3v) is 23.3. The monoisotopic (exact) mass is 1210 g/mol. The van der Waals surface area contributed by atoms with Gasteiger partial charge in [-0.15, -0.1) is 34.4 Å². The van der Waals surface area contributed by atoms with Gasteiger partial charge in [0.15, 0.2) is 0 Å². The Morgan fingerprint density at radius 1 is 0.489 bits per heavy atom. The SMILES string of the molecule is CC/C(=C\C(=C/Cc1cccc2c1SC1CCC=CC21)c1cccc2c1sc1ccccc12)c1ccc(-c2ccc3c(c2)-c2ccccc2C3(c2ccccc2)c2ccc(N(c3ccccc3)c3ccc(-c4ccccc4)cc3)cc2)c2c1sc1ccccc12. The van der Waals surface area contributed by atoms with Crippen LogP contribution in [0.1, 0.15) is 76.6 Å². The Morgan fingerprint density at radius 3 is 1.91 bits per heavy atom. The zero-order valence-corrected chi connectivity index (χ0v) is 52.5. The molecule has 1 nitrogen and oxygen atoms in total. The van der Waals surface area contributed by atoms with E-state index in [2.05, 4.69) is 327 Å². The molecule has 17 rings (SSSR count). The minimum absolute atomic E-state index is 0.515. The number of allylic oxidation sites excluding steroid dienone is 6. The molecule has 90 heavy (non-hydrogen) atoms. The molecule has 3 atom stereocenters. The van der Waals surface area contributed by atoms with Crippen LogP contribution in [-0.2, 0) is 11.8 Å². The van der Waals surface area contributed by atoms with Gasteiger partial charge < -0.3 is 4.90 Å². The smallest absolute Gasteiger partial charge is 0.0713 e. The minimum atomic E-state index is -0.575. The lowest BCUT2D eigenvalue weighted by atomic mass is 9.67. The number of rotatable bonds is 13. The number of nitrogens with zero attached hydrogens (tertiary/aromatic N) is 1. The summed E-state index contributed by atoms with van der Waals surface area (Å²) in [6, 6.07) is 104. The summed E-state index contributed by atoms with van der Waals surface area (Å²) in [5.74, 6) is 0.515. The van der Waals surface area contributed by atoms with Gasteiger partial charge >= 0.3 is 0 Å². The third kappa shape index (κ3) is 9.10. The van der Waals surface area contributed by atoms with Crippen molar-refractivity contribution in [2.24, 2.45) is 0 Å². The Hall–Kier alpha value is -9.55. The van der Waals surface area contributed by atoms with Crippen LogP contribution in [0.3, 0.4) is 0 Å². The van der Waals surface area contributed by atoms with Crippen LogP contribution >= 0.6 is 34.4 Å². The molecule has 0 radical (unpaired) electrons. The van der Waals surface area contributed by atoms with E-state index >= 15 is 0 Å². The highest BCUT2D eigenvalue weighted by molar-refractivity contribution is 8.00. The van der Waals surface area contributed by atoms with E-state index in [1.165, 1.54) is 147 Å². The summed E-state index contributed by atoms with van der Waals surface area (Å²) in [5, 5.41) is 5.92. The van der Waals surface area contributed by atoms with E-state index in [1.54, 1.807) is 0 Å². The number of thiophene rings is 2. The van der Waals surface area contributed by atoms with Crippen molar-refractivity contribution in [3.63, 3.8) is 0 Å². The maximum Gasteiger partial charge on any atom is 0.0713 e. The molecule has 3 unspecified atom stereocenters. The van der Waals surface area contributed by atoms with Crippen molar-refractivity contribution in [3.8, 4) is 33.4 Å². The van der Waals surface area contributed by atoms with E-state index in [9.17, 15) is 0 Å². The van der Waals surface area contributed by atoms with Crippen LogP contribution in [0.15, 0.2) is 308 Å². The Morgan fingerprint density at radius 2 is 1.11 bits per heavy atom. The molecule has 0 amide bonds. The summed E-state index contributed by atoms with van der Waals surface area (Å²) in [6.45, 7) is 2.35. The fraction of sp³-hybridized carbons (Fsp3) is 0.0930. The van der Waals surface area contributed by atoms with Gasteiger partial charge in [0.2, 0.25) is 0 Å². The second-order valence-corrected chi connectivity index (χ2v) is 27.6. The van der Waals surface area contributed by atoms with Crippen LogP contribution in [0.5, 0.6) is 0 Å². The molecular formula is C86H63NS3. The standard InChI is InChI=1S/C86H63NS3/c1-2-56(54-60(68-33-21-35-74-72-31-14-18-38-80(72)89-84(68)74)41-40-59-24-20-34-73-71-30-13-17-37-79(71)88-83(59)73)69-52-51-67(82-75-32-15-19-39-81(75)90-85(69)82)61-44-53-78-76(55-61)70-29-12-16-36-77(70)86(78,62-25-8-4-9-26-62)63-45-49-66(50-46-63)87(64-27-10-5-11-28-64)65-47-42-58(43-48-65)57-22-6-3-7-23-57/h3-16,18-36,38-39,41-55,71,79H,2,17,37,40H2,1H3/b56-54+,60-41+. The molecule has 0 bridgehead atoms. The number of hydrogen-bond donors (Lipinski definition) is 0. The molecule has 12 aromatic carbocycles. The first kappa shape index (κ1) is 54.6. The van der Waals surface area contributed by atoms with E-state index in [0.717, 1.165) is 29.9 Å². The molecule has 2 aliphatic carbocycles. The van der Waals surface area contributed by atoms with Crippen LogP contribution < -0.4 is 4.90 Å². The first-order valence-electron chi connectivity index (χ1n) is 31.7. The molecule has 3 heterocycles. The van der Waals surface area contributed by atoms with Crippen molar-refractivity contribution in [1.29, 1.82) is 0 Å². The quantitative estimate of drug-likeness (QED) is 0.0836. The summed E-state index contributed by atoms with van der Waals surface area (Å²) in [5.41, 5.74) is 23.5. The van der Waals surface area contributed by atoms with Gasteiger partial charge in [-0.1, -0.05) is 256 Å². The van der Waals surface area contributed by atoms with Gasteiger partial charge in [0.1, 0.15) is 0 Å². The average Bonchev–Trinajstić information content (AvgIpc) is 1.55. The van der Waals surface area contributed by atoms with E-state index in [-0.39, 0.29) is 0 Å². The molecule has 430 valence electrons. The van der Waals surface area contributed by atoms with Gasteiger partial charge in [-0.25, -0.2) is 0 Å². The van der Waals surface area contributed by atoms with Gasteiger partial charge in [-0.3, -0.25) is 0 Å². The molecule has 3 aliphatic rings. The minimum Gasteiger partial charge on any atom is -0.311 e. The second-order valence-electron chi connectivity index (χ2n) is 24.2. The lowest BCUT2D eigenvalue weighted by molar-refractivity contribution is 0.682.